The Balaban J connectivity index is 1.75. The van der Waals surface area contributed by atoms with Crippen LogP contribution in [0.1, 0.15) is 19.3 Å². The highest BCUT2D eigenvalue weighted by molar-refractivity contribution is 7.99. The van der Waals surface area contributed by atoms with Gasteiger partial charge < -0.3 is 10.5 Å². The van der Waals surface area contributed by atoms with E-state index in [2.05, 4.69) is 16.7 Å². The predicted octanol–water partition coefficient (Wildman–Crippen LogP) is 0.684. The van der Waals surface area contributed by atoms with Gasteiger partial charge >= 0.3 is 0 Å². The van der Waals surface area contributed by atoms with E-state index in [1.165, 1.54) is 30.8 Å². The molecule has 86 valence electrons. The summed E-state index contributed by atoms with van der Waals surface area (Å²) in [4.78, 5) is 2.64. The van der Waals surface area contributed by atoms with Crippen molar-refractivity contribution in [2.75, 3.05) is 31.1 Å². The lowest BCUT2D eigenvalue weighted by Gasteiger charge is -2.44. The summed E-state index contributed by atoms with van der Waals surface area (Å²) in [5.41, 5.74) is 6.32. The first-order valence-corrected chi connectivity index (χ1v) is 7.16. The highest BCUT2D eigenvalue weighted by atomic mass is 32.2. The number of hydrogen-bond acceptors (Lipinski definition) is 4. The number of likely N-dealkylation sites (tertiary alicyclic amines) is 1. The molecular weight excluding hydrogens is 208 g/mol. The first kappa shape index (κ1) is 10.4. The van der Waals surface area contributed by atoms with Gasteiger partial charge in [-0.1, -0.05) is 0 Å². The lowest BCUT2D eigenvalue weighted by molar-refractivity contribution is -0.0709. The van der Waals surface area contributed by atoms with Gasteiger partial charge in [-0.25, -0.2) is 0 Å². The van der Waals surface area contributed by atoms with E-state index in [-0.39, 0.29) is 0 Å². The van der Waals surface area contributed by atoms with Crippen LogP contribution in [-0.4, -0.2) is 53.8 Å². The van der Waals surface area contributed by atoms with E-state index in [0.717, 1.165) is 19.6 Å². The summed E-state index contributed by atoms with van der Waals surface area (Å²) in [5.74, 6) is 2.51. The number of thioether (sulfide) groups is 1. The molecular formula is C11H20N2OS. The van der Waals surface area contributed by atoms with Crippen molar-refractivity contribution in [3.63, 3.8) is 0 Å². The van der Waals surface area contributed by atoms with Gasteiger partial charge in [-0.3, -0.25) is 4.90 Å². The van der Waals surface area contributed by atoms with Crippen molar-refractivity contribution in [1.29, 1.82) is 0 Å². The van der Waals surface area contributed by atoms with Crippen LogP contribution in [0.15, 0.2) is 0 Å². The van der Waals surface area contributed by atoms with Crippen LogP contribution in [0.2, 0.25) is 0 Å². The summed E-state index contributed by atoms with van der Waals surface area (Å²) < 4.78 is 5.89. The van der Waals surface area contributed by atoms with Gasteiger partial charge in [-0.2, -0.15) is 11.8 Å². The van der Waals surface area contributed by atoms with E-state index in [4.69, 9.17) is 10.5 Å². The van der Waals surface area contributed by atoms with Gasteiger partial charge in [-0.15, -0.1) is 0 Å². The summed E-state index contributed by atoms with van der Waals surface area (Å²) in [7, 11) is 0. The fourth-order valence-corrected chi connectivity index (χ4v) is 4.63. The molecule has 0 aliphatic carbocycles. The molecule has 0 saturated carbocycles. The van der Waals surface area contributed by atoms with Crippen LogP contribution in [0.5, 0.6) is 0 Å². The molecule has 3 unspecified atom stereocenters. The quantitative estimate of drug-likeness (QED) is 0.754. The van der Waals surface area contributed by atoms with Crippen LogP contribution in [-0.2, 0) is 4.74 Å². The molecule has 3 heterocycles. The number of hydrogen-bond donors (Lipinski definition) is 1. The van der Waals surface area contributed by atoms with Crippen LogP contribution in [0.25, 0.3) is 0 Å². The molecule has 2 N–H and O–H groups in total. The molecule has 3 nitrogen and oxygen atoms in total. The zero-order valence-corrected chi connectivity index (χ0v) is 9.97. The lowest BCUT2D eigenvalue weighted by Crippen LogP contribution is -2.59. The first-order valence-electron chi connectivity index (χ1n) is 6.01. The maximum Gasteiger partial charge on any atom is 0.0707 e. The average molecular weight is 228 g/mol. The Hall–Kier alpha value is 0.230. The number of morpholine rings is 1. The van der Waals surface area contributed by atoms with E-state index in [9.17, 15) is 0 Å². The minimum Gasteiger partial charge on any atom is -0.372 e. The summed E-state index contributed by atoms with van der Waals surface area (Å²) >= 11 is 2.06. The van der Waals surface area contributed by atoms with Crippen LogP contribution in [0, 0.1) is 0 Å². The van der Waals surface area contributed by atoms with E-state index in [1.807, 2.05) is 0 Å². The fraction of sp³-hybridized carbons (Fsp3) is 1.00. The van der Waals surface area contributed by atoms with Crippen molar-refractivity contribution < 1.29 is 4.74 Å². The maximum atomic E-state index is 6.02. The maximum absolute atomic E-state index is 6.02. The number of nitrogens with two attached hydrogens (primary N) is 1. The third-order valence-electron chi connectivity index (χ3n) is 4.18. The molecule has 3 aliphatic rings. The van der Waals surface area contributed by atoms with Crippen molar-refractivity contribution in [2.45, 2.75) is 37.0 Å². The molecule has 4 heteroatoms. The van der Waals surface area contributed by atoms with Crippen LogP contribution < -0.4 is 5.73 Å². The van der Waals surface area contributed by atoms with Crippen molar-refractivity contribution in [1.82, 2.24) is 4.90 Å². The zero-order valence-electron chi connectivity index (χ0n) is 9.15. The standard InChI is InChI=1S/C11H20N2OS/c12-7-11(3-4-15-8-11)13-5-9-1-2-10(6-13)14-9/h9-10H,1-8,12H2. The highest BCUT2D eigenvalue weighted by Crippen LogP contribution is 2.37. The summed E-state index contributed by atoms with van der Waals surface area (Å²) in [5, 5.41) is 0. The second kappa shape index (κ2) is 3.91. The fourth-order valence-electron chi connectivity index (χ4n) is 3.14. The molecule has 3 saturated heterocycles. The highest BCUT2D eigenvalue weighted by Gasteiger charge is 2.45. The minimum atomic E-state index is 0.301. The molecule has 3 rings (SSSR count). The largest absolute Gasteiger partial charge is 0.372 e. The van der Waals surface area contributed by atoms with Crippen molar-refractivity contribution in [3.05, 3.63) is 0 Å². The topological polar surface area (TPSA) is 38.5 Å². The van der Waals surface area contributed by atoms with E-state index in [0.29, 0.717) is 17.7 Å². The molecule has 15 heavy (non-hydrogen) atoms. The van der Waals surface area contributed by atoms with Gasteiger partial charge in [0.1, 0.15) is 0 Å². The SMILES string of the molecule is NCC1(N2CC3CCC(C2)O3)CCSC1. The Morgan fingerprint density at radius 2 is 2.07 bits per heavy atom. The van der Waals surface area contributed by atoms with Crippen LogP contribution in [0.3, 0.4) is 0 Å². The van der Waals surface area contributed by atoms with Gasteiger partial charge in [-0.05, 0) is 25.0 Å². The monoisotopic (exact) mass is 228 g/mol. The van der Waals surface area contributed by atoms with Gasteiger partial charge in [0.25, 0.3) is 0 Å². The molecule has 0 aromatic heterocycles. The number of ether oxygens (including phenoxy) is 1. The molecule has 2 bridgehead atoms. The van der Waals surface area contributed by atoms with Crippen LogP contribution in [0.4, 0.5) is 0 Å². The van der Waals surface area contributed by atoms with Gasteiger partial charge in [0.05, 0.1) is 12.2 Å². The molecule has 3 aliphatic heterocycles. The molecule has 3 atom stereocenters. The van der Waals surface area contributed by atoms with E-state index in [1.54, 1.807) is 0 Å². The van der Waals surface area contributed by atoms with E-state index >= 15 is 0 Å². The normalized spacial score (nSPS) is 46.2. The number of rotatable bonds is 2. The second-order valence-electron chi connectivity index (χ2n) is 5.09. The van der Waals surface area contributed by atoms with Crippen molar-refractivity contribution in [3.8, 4) is 0 Å². The Labute approximate surface area is 95.7 Å². The Bertz CT molecular complexity index is 231. The third kappa shape index (κ3) is 1.71. The average Bonchev–Trinajstić information content (AvgIpc) is 2.86. The Morgan fingerprint density at radius 3 is 2.60 bits per heavy atom. The molecule has 0 aromatic rings. The Morgan fingerprint density at radius 1 is 1.33 bits per heavy atom. The predicted molar refractivity (Wildman–Crippen MR) is 63.2 cm³/mol. The molecule has 0 amide bonds. The zero-order chi connectivity index (χ0) is 10.3. The second-order valence-corrected chi connectivity index (χ2v) is 6.20. The smallest absolute Gasteiger partial charge is 0.0707 e. The first-order chi connectivity index (χ1) is 7.32. The molecule has 0 spiro atoms. The molecule has 3 fully saturated rings. The van der Waals surface area contributed by atoms with Crippen molar-refractivity contribution in [2.24, 2.45) is 5.73 Å². The third-order valence-corrected chi connectivity index (χ3v) is 5.41. The van der Waals surface area contributed by atoms with E-state index < -0.39 is 0 Å². The van der Waals surface area contributed by atoms with Gasteiger partial charge in [0.2, 0.25) is 0 Å². The number of fused-ring (bicyclic) bond motifs is 2. The summed E-state index contributed by atoms with van der Waals surface area (Å²) in [6.45, 7) is 3.06. The summed E-state index contributed by atoms with van der Waals surface area (Å²) in [6.07, 6.45) is 4.79. The lowest BCUT2D eigenvalue weighted by atomic mass is 9.95. The molecule has 0 aromatic carbocycles. The van der Waals surface area contributed by atoms with Gasteiger partial charge in [0.15, 0.2) is 0 Å². The van der Waals surface area contributed by atoms with Crippen molar-refractivity contribution >= 4 is 11.8 Å². The Kier molecular flexibility index (Phi) is 2.71. The van der Waals surface area contributed by atoms with Gasteiger partial charge in [0, 0.05) is 30.9 Å². The van der Waals surface area contributed by atoms with Crippen LogP contribution >= 0.6 is 11.8 Å². The summed E-state index contributed by atoms with van der Waals surface area (Å²) in [6, 6.07) is 0. The minimum absolute atomic E-state index is 0.301. The molecule has 0 radical (unpaired) electrons. The number of nitrogens with zero attached hydrogens (tertiary/aromatic N) is 1.